The molecule has 31 heavy (non-hydrogen) atoms. The number of carbonyl (C=O) groups excluding carboxylic acids is 2. The second-order valence-corrected chi connectivity index (χ2v) is 7.69. The predicted molar refractivity (Wildman–Crippen MR) is 114 cm³/mol. The van der Waals surface area contributed by atoms with Crippen LogP contribution in [0, 0.1) is 13.8 Å². The summed E-state index contributed by atoms with van der Waals surface area (Å²) in [5.41, 5.74) is 3.43. The first-order valence-electron chi connectivity index (χ1n) is 10.2. The zero-order valence-corrected chi connectivity index (χ0v) is 17.8. The predicted octanol–water partition coefficient (Wildman–Crippen LogP) is 1.83. The van der Waals surface area contributed by atoms with E-state index in [4.69, 9.17) is 5.11 Å². The third-order valence-electron chi connectivity index (χ3n) is 5.59. The van der Waals surface area contributed by atoms with Crippen LogP contribution in [-0.2, 0) is 9.59 Å². The van der Waals surface area contributed by atoms with E-state index in [9.17, 15) is 18.8 Å². The van der Waals surface area contributed by atoms with Crippen molar-refractivity contribution in [3.05, 3.63) is 51.6 Å². The number of fused-ring (bicyclic) bond motifs is 1. The summed E-state index contributed by atoms with van der Waals surface area (Å²) >= 11 is 0. The lowest BCUT2D eigenvalue weighted by Crippen LogP contribution is -2.37. The minimum absolute atomic E-state index is 0.0823. The first-order chi connectivity index (χ1) is 14.7. The molecular formula is C22H27FN4O4. The van der Waals surface area contributed by atoms with Crippen molar-refractivity contribution >= 4 is 23.9 Å². The molecule has 166 valence electrons. The van der Waals surface area contributed by atoms with Gasteiger partial charge in [-0.25, -0.2) is 4.39 Å². The van der Waals surface area contributed by atoms with Crippen molar-refractivity contribution in [3.8, 4) is 0 Å². The van der Waals surface area contributed by atoms with Crippen LogP contribution in [0.5, 0.6) is 0 Å². The van der Waals surface area contributed by atoms with E-state index in [1.807, 2.05) is 6.92 Å². The zero-order valence-electron chi connectivity index (χ0n) is 17.8. The second kappa shape index (κ2) is 9.30. The highest BCUT2D eigenvalue weighted by Crippen LogP contribution is 2.32. The van der Waals surface area contributed by atoms with E-state index >= 15 is 0 Å². The summed E-state index contributed by atoms with van der Waals surface area (Å²) in [4.78, 5) is 40.8. The van der Waals surface area contributed by atoms with Crippen molar-refractivity contribution in [1.82, 2.24) is 20.5 Å². The van der Waals surface area contributed by atoms with Crippen LogP contribution in [0.3, 0.4) is 0 Å². The van der Waals surface area contributed by atoms with E-state index in [1.54, 1.807) is 24.8 Å². The highest BCUT2D eigenvalue weighted by Gasteiger charge is 2.33. The lowest BCUT2D eigenvalue weighted by atomic mass is 9.95. The third-order valence-corrected chi connectivity index (χ3v) is 5.59. The Kier molecular flexibility index (Phi) is 6.74. The SMILES string of the molecule is CCN(CCNC(=O)c1c(C)[nH]c(/C=C2\C(=O)NC3CC=C(F)C=C23)c1C)CC(=O)O. The molecule has 0 saturated carbocycles. The molecule has 1 aromatic heterocycles. The van der Waals surface area contributed by atoms with Crippen LogP contribution in [0.25, 0.3) is 6.08 Å². The number of aromatic amines is 1. The van der Waals surface area contributed by atoms with Crippen molar-refractivity contribution in [1.29, 1.82) is 0 Å². The number of halogens is 1. The normalized spacial score (nSPS) is 19.2. The van der Waals surface area contributed by atoms with Gasteiger partial charge in [-0.15, -0.1) is 0 Å². The van der Waals surface area contributed by atoms with Crippen molar-refractivity contribution in [2.45, 2.75) is 33.2 Å². The molecule has 1 aliphatic carbocycles. The summed E-state index contributed by atoms with van der Waals surface area (Å²) in [5, 5.41) is 14.6. The van der Waals surface area contributed by atoms with Gasteiger partial charge in [-0.1, -0.05) is 6.92 Å². The number of nitrogens with zero attached hydrogens (tertiary/aromatic N) is 1. The Morgan fingerprint density at radius 2 is 2.13 bits per heavy atom. The molecule has 0 bridgehead atoms. The summed E-state index contributed by atoms with van der Waals surface area (Å²) in [6.07, 6.45) is 4.88. The van der Waals surface area contributed by atoms with E-state index in [-0.39, 0.29) is 30.2 Å². The fraction of sp³-hybridized carbons (Fsp3) is 0.409. The molecule has 3 rings (SSSR count). The number of aliphatic carboxylic acids is 1. The lowest BCUT2D eigenvalue weighted by Gasteiger charge is -2.18. The summed E-state index contributed by atoms with van der Waals surface area (Å²) in [6.45, 7) is 6.63. The van der Waals surface area contributed by atoms with Gasteiger partial charge in [0.2, 0.25) is 0 Å². The topological polar surface area (TPSA) is 115 Å². The molecule has 2 heterocycles. The van der Waals surface area contributed by atoms with Gasteiger partial charge < -0.3 is 20.7 Å². The molecule has 2 aliphatic rings. The van der Waals surface area contributed by atoms with E-state index in [0.717, 1.165) is 0 Å². The number of aromatic nitrogens is 1. The summed E-state index contributed by atoms with van der Waals surface area (Å²) in [6, 6.07) is -0.232. The van der Waals surface area contributed by atoms with Gasteiger partial charge in [-0.2, -0.15) is 0 Å². The smallest absolute Gasteiger partial charge is 0.317 e. The van der Waals surface area contributed by atoms with Crippen molar-refractivity contribution in [2.24, 2.45) is 0 Å². The Labute approximate surface area is 179 Å². The maximum absolute atomic E-state index is 13.7. The molecule has 2 amide bonds. The first-order valence-corrected chi connectivity index (χ1v) is 10.2. The average molecular weight is 430 g/mol. The van der Waals surface area contributed by atoms with Gasteiger partial charge in [0.05, 0.1) is 18.2 Å². The number of carboxylic acid groups (broad SMARTS) is 1. The lowest BCUT2D eigenvalue weighted by molar-refractivity contribution is -0.138. The number of carboxylic acids is 1. The number of rotatable bonds is 8. The van der Waals surface area contributed by atoms with Crippen LogP contribution < -0.4 is 10.6 Å². The van der Waals surface area contributed by atoms with Gasteiger partial charge in [-0.3, -0.25) is 19.3 Å². The molecule has 4 N–H and O–H groups in total. The first kappa shape index (κ1) is 22.5. The number of likely N-dealkylation sites (N-methyl/N-ethyl adjacent to an activating group) is 1. The molecule has 0 radical (unpaired) electrons. The van der Waals surface area contributed by atoms with Crippen molar-refractivity contribution in [2.75, 3.05) is 26.2 Å². The van der Waals surface area contributed by atoms with Crippen molar-refractivity contribution in [3.63, 3.8) is 0 Å². The Balaban J connectivity index is 1.75. The largest absolute Gasteiger partial charge is 0.480 e. The summed E-state index contributed by atoms with van der Waals surface area (Å²) < 4.78 is 13.7. The fourth-order valence-electron chi connectivity index (χ4n) is 3.94. The molecule has 9 heteroatoms. The van der Waals surface area contributed by atoms with Gasteiger partial charge in [0.1, 0.15) is 5.83 Å². The molecule has 1 unspecified atom stereocenters. The standard InChI is InChI=1S/C22H27FN4O4/c1-4-27(11-19(28)29)8-7-24-22(31)20-12(2)18(25-13(20)3)10-16-15-9-14(23)5-6-17(15)26-21(16)30/h5,9-10,17,25H,4,6-8,11H2,1-3H3,(H,24,31)(H,26,30)(H,28,29)/b16-10-. The maximum Gasteiger partial charge on any atom is 0.317 e. The molecule has 8 nitrogen and oxygen atoms in total. The number of aryl methyl sites for hydroxylation is 1. The molecule has 0 aromatic carbocycles. The van der Waals surface area contributed by atoms with Gasteiger partial charge in [0.25, 0.3) is 11.8 Å². The monoisotopic (exact) mass is 430 g/mol. The molecule has 0 spiro atoms. The minimum Gasteiger partial charge on any atom is -0.480 e. The Morgan fingerprint density at radius 3 is 2.81 bits per heavy atom. The van der Waals surface area contributed by atoms with Gasteiger partial charge in [0, 0.05) is 30.1 Å². The van der Waals surface area contributed by atoms with Crippen LogP contribution in [-0.4, -0.2) is 65.0 Å². The van der Waals surface area contributed by atoms with Crippen LogP contribution in [0.15, 0.2) is 29.1 Å². The van der Waals surface area contributed by atoms with Crippen LogP contribution in [0.4, 0.5) is 4.39 Å². The number of carbonyl (C=O) groups is 3. The minimum atomic E-state index is -0.912. The fourth-order valence-corrected chi connectivity index (χ4v) is 3.94. The molecule has 1 atom stereocenters. The highest BCUT2D eigenvalue weighted by molar-refractivity contribution is 6.07. The number of allylic oxidation sites excluding steroid dienone is 2. The number of H-pyrrole nitrogens is 1. The summed E-state index contributed by atoms with van der Waals surface area (Å²) in [7, 11) is 0. The number of nitrogens with one attached hydrogen (secondary N) is 3. The second-order valence-electron chi connectivity index (χ2n) is 7.69. The Bertz CT molecular complexity index is 1010. The molecular weight excluding hydrogens is 403 g/mol. The highest BCUT2D eigenvalue weighted by atomic mass is 19.1. The Hall–Kier alpha value is -3.20. The van der Waals surface area contributed by atoms with Crippen molar-refractivity contribution < 1.29 is 23.9 Å². The van der Waals surface area contributed by atoms with Crippen LogP contribution in [0.1, 0.15) is 40.7 Å². The number of hydrogen-bond donors (Lipinski definition) is 4. The van der Waals surface area contributed by atoms with E-state index in [0.29, 0.717) is 59.7 Å². The molecule has 1 fully saturated rings. The maximum atomic E-state index is 13.7. The average Bonchev–Trinajstić information content (AvgIpc) is 3.16. The van der Waals surface area contributed by atoms with Gasteiger partial charge in [-0.05, 0) is 56.2 Å². The Morgan fingerprint density at radius 1 is 1.39 bits per heavy atom. The van der Waals surface area contributed by atoms with Gasteiger partial charge in [0.15, 0.2) is 0 Å². The molecule has 1 aromatic rings. The quantitative estimate of drug-likeness (QED) is 0.470. The molecule has 1 saturated heterocycles. The third kappa shape index (κ3) is 4.93. The van der Waals surface area contributed by atoms with Crippen LogP contribution >= 0.6 is 0 Å². The number of amides is 2. The molecule has 1 aliphatic heterocycles. The zero-order chi connectivity index (χ0) is 22.7. The van der Waals surface area contributed by atoms with E-state index in [2.05, 4.69) is 15.6 Å². The van der Waals surface area contributed by atoms with E-state index < -0.39 is 5.97 Å². The van der Waals surface area contributed by atoms with Gasteiger partial charge >= 0.3 is 5.97 Å². The van der Waals surface area contributed by atoms with E-state index in [1.165, 1.54) is 12.2 Å². The number of hydrogen-bond acceptors (Lipinski definition) is 4. The summed E-state index contributed by atoms with van der Waals surface area (Å²) in [5.74, 6) is -1.82. The van der Waals surface area contributed by atoms with Crippen LogP contribution in [0.2, 0.25) is 0 Å².